The zero-order chi connectivity index (χ0) is 25.2. The molecule has 0 aliphatic heterocycles. The summed E-state index contributed by atoms with van der Waals surface area (Å²) >= 11 is 0. The van der Waals surface area contributed by atoms with E-state index in [4.69, 9.17) is 0 Å². The van der Waals surface area contributed by atoms with E-state index in [0.717, 1.165) is 0 Å². The van der Waals surface area contributed by atoms with Crippen molar-refractivity contribution in [2.24, 2.45) is 0 Å². The maximum atomic E-state index is 11.4. The first-order valence-corrected chi connectivity index (χ1v) is 15.3. The third-order valence-electron chi connectivity index (χ3n) is 8.04. The van der Waals surface area contributed by atoms with Crippen molar-refractivity contribution in [3.63, 3.8) is 0 Å². The van der Waals surface area contributed by atoms with E-state index in [9.17, 15) is 5.11 Å². The highest BCUT2D eigenvalue weighted by Crippen LogP contribution is 2.40. The number of hydrogen-bond acceptors (Lipinski definition) is 1. The fourth-order valence-corrected chi connectivity index (χ4v) is 5.38. The fraction of sp³-hybridized carbons (Fsp3) is 0.818. The molecule has 198 valence electrons. The maximum absolute atomic E-state index is 11.4. The molecule has 0 fully saturated rings. The Morgan fingerprint density at radius 3 is 1.18 bits per heavy atom. The van der Waals surface area contributed by atoms with Crippen LogP contribution in [0.1, 0.15) is 192 Å². The fourth-order valence-electron chi connectivity index (χ4n) is 5.38. The molecule has 0 spiro atoms. The molecule has 0 bridgehead atoms. The molecule has 0 aromatic heterocycles. The van der Waals surface area contributed by atoms with Crippen molar-refractivity contribution < 1.29 is 5.11 Å². The van der Waals surface area contributed by atoms with Gasteiger partial charge in [-0.05, 0) is 53.7 Å². The standard InChI is InChI=1S/C33H60O/c1-7-10-13-16-19-22-27(4)30-25-31(28(5)23-20-17-14-11-8-2)33(34)32(26-30)29(6)24-21-18-15-12-9-3/h25-29,34H,7-24H2,1-6H3. The van der Waals surface area contributed by atoms with Gasteiger partial charge in [-0.15, -0.1) is 0 Å². The van der Waals surface area contributed by atoms with Gasteiger partial charge in [-0.3, -0.25) is 0 Å². The molecule has 0 aliphatic carbocycles. The van der Waals surface area contributed by atoms with Gasteiger partial charge in [0.15, 0.2) is 0 Å². The molecule has 0 amide bonds. The van der Waals surface area contributed by atoms with E-state index in [1.807, 2.05) is 0 Å². The predicted molar refractivity (Wildman–Crippen MR) is 153 cm³/mol. The zero-order valence-corrected chi connectivity index (χ0v) is 24.1. The van der Waals surface area contributed by atoms with Crippen LogP contribution in [0.3, 0.4) is 0 Å². The van der Waals surface area contributed by atoms with Gasteiger partial charge in [0.25, 0.3) is 0 Å². The van der Waals surface area contributed by atoms with Gasteiger partial charge in [0.2, 0.25) is 0 Å². The van der Waals surface area contributed by atoms with Crippen LogP contribution in [0.4, 0.5) is 0 Å². The molecule has 3 unspecified atom stereocenters. The number of phenols is 1. The second kappa shape index (κ2) is 19.2. The SMILES string of the molecule is CCCCCCCC(C)c1cc(C(C)CCCCCCC)c(O)c(C(C)CCCCCCC)c1. The molecule has 1 nitrogen and oxygen atoms in total. The molecule has 3 atom stereocenters. The number of rotatable bonds is 21. The first-order valence-electron chi connectivity index (χ1n) is 15.3. The predicted octanol–water partition coefficient (Wildman–Crippen LogP) is 11.8. The van der Waals surface area contributed by atoms with Gasteiger partial charge in [0.1, 0.15) is 5.75 Å². The molecule has 0 aliphatic rings. The number of benzene rings is 1. The zero-order valence-electron chi connectivity index (χ0n) is 24.1. The lowest BCUT2D eigenvalue weighted by Crippen LogP contribution is -2.05. The number of aromatic hydroxyl groups is 1. The summed E-state index contributed by atoms with van der Waals surface area (Å²) in [5.74, 6) is 2.07. The normalized spacial score (nSPS) is 14.3. The minimum absolute atomic E-state index is 0.439. The Morgan fingerprint density at radius 2 is 0.824 bits per heavy atom. The number of phenolic OH excluding ortho intramolecular Hbond substituents is 1. The topological polar surface area (TPSA) is 20.2 Å². The summed E-state index contributed by atoms with van der Waals surface area (Å²) in [7, 11) is 0. The van der Waals surface area contributed by atoms with Crippen molar-refractivity contribution in [2.45, 2.75) is 175 Å². The highest BCUT2D eigenvalue weighted by molar-refractivity contribution is 5.48. The van der Waals surface area contributed by atoms with Crippen LogP contribution in [-0.2, 0) is 0 Å². The molecule has 34 heavy (non-hydrogen) atoms. The molecular formula is C33H60O. The van der Waals surface area contributed by atoms with E-state index in [2.05, 4.69) is 53.7 Å². The van der Waals surface area contributed by atoms with Crippen LogP contribution in [0.5, 0.6) is 5.75 Å². The summed E-state index contributed by atoms with van der Waals surface area (Å²) in [5, 5.41) is 11.4. The van der Waals surface area contributed by atoms with Gasteiger partial charge in [-0.25, -0.2) is 0 Å². The maximum Gasteiger partial charge on any atom is 0.122 e. The Balaban J connectivity index is 2.93. The van der Waals surface area contributed by atoms with Crippen LogP contribution in [0.25, 0.3) is 0 Å². The number of hydrogen-bond donors (Lipinski definition) is 1. The molecule has 1 rings (SSSR count). The van der Waals surface area contributed by atoms with Crippen LogP contribution in [0.15, 0.2) is 12.1 Å². The summed E-state index contributed by atoms with van der Waals surface area (Å²) in [4.78, 5) is 0. The molecule has 1 heteroatoms. The lowest BCUT2D eigenvalue weighted by atomic mass is 9.83. The monoisotopic (exact) mass is 472 g/mol. The van der Waals surface area contributed by atoms with Crippen LogP contribution < -0.4 is 0 Å². The third kappa shape index (κ3) is 12.1. The molecule has 1 N–H and O–H groups in total. The molecule has 1 aromatic rings. The summed E-state index contributed by atoms with van der Waals surface area (Å²) < 4.78 is 0. The van der Waals surface area contributed by atoms with Crippen LogP contribution >= 0.6 is 0 Å². The van der Waals surface area contributed by atoms with Gasteiger partial charge in [0.05, 0.1) is 0 Å². The summed E-state index contributed by atoms with van der Waals surface area (Å²) in [5.41, 5.74) is 3.91. The summed E-state index contributed by atoms with van der Waals surface area (Å²) in [6.07, 6.45) is 23.6. The van der Waals surface area contributed by atoms with E-state index in [0.29, 0.717) is 23.5 Å². The van der Waals surface area contributed by atoms with Crippen molar-refractivity contribution in [3.05, 3.63) is 28.8 Å². The third-order valence-corrected chi connectivity index (χ3v) is 8.04. The van der Waals surface area contributed by atoms with Crippen molar-refractivity contribution in [1.29, 1.82) is 0 Å². The van der Waals surface area contributed by atoms with Crippen molar-refractivity contribution in [1.82, 2.24) is 0 Å². The molecule has 0 radical (unpaired) electrons. The van der Waals surface area contributed by atoms with Gasteiger partial charge in [0, 0.05) is 0 Å². The lowest BCUT2D eigenvalue weighted by Gasteiger charge is -2.23. The number of unbranched alkanes of at least 4 members (excludes halogenated alkanes) is 12. The smallest absolute Gasteiger partial charge is 0.122 e. The lowest BCUT2D eigenvalue weighted by molar-refractivity contribution is 0.440. The molecular weight excluding hydrogens is 412 g/mol. The Kier molecular flexibility index (Phi) is 17.6. The van der Waals surface area contributed by atoms with E-state index < -0.39 is 0 Å². The minimum atomic E-state index is 0.439. The van der Waals surface area contributed by atoms with Crippen molar-refractivity contribution in [3.8, 4) is 5.75 Å². The Bertz CT molecular complexity index is 578. The van der Waals surface area contributed by atoms with E-state index in [1.165, 1.54) is 132 Å². The Labute approximate surface area is 214 Å². The van der Waals surface area contributed by atoms with Crippen molar-refractivity contribution >= 4 is 0 Å². The van der Waals surface area contributed by atoms with Gasteiger partial charge in [-0.2, -0.15) is 0 Å². The summed E-state index contributed by atoms with van der Waals surface area (Å²) in [6, 6.07) is 4.75. The average Bonchev–Trinajstić information content (AvgIpc) is 2.83. The minimum Gasteiger partial charge on any atom is -0.507 e. The van der Waals surface area contributed by atoms with Crippen LogP contribution in [0.2, 0.25) is 0 Å². The van der Waals surface area contributed by atoms with Gasteiger partial charge < -0.3 is 5.11 Å². The van der Waals surface area contributed by atoms with E-state index in [1.54, 1.807) is 0 Å². The molecule has 1 aromatic carbocycles. The highest BCUT2D eigenvalue weighted by Gasteiger charge is 2.21. The molecule has 0 saturated carbocycles. The van der Waals surface area contributed by atoms with E-state index >= 15 is 0 Å². The van der Waals surface area contributed by atoms with Gasteiger partial charge >= 0.3 is 0 Å². The van der Waals surface area contributed by atoms with Crippen molar-refractivity contribution in [2.75, 3.05) is 0 Å². The average molecular weight is 473 g/mol. The Hall–Kier alpha value is -0.980. The second-order valence-electron chi connectivity index (χ2n) is 11.4. The first-order chi connectivity index (χ1) is 16.5. The largest absolute Gasteiger partial charge is 0.507 e. The van der Waals surface area contributed by atoms with E-state index in [-0.39, 0.29) is 0 Å². The molecule has 0 saturated heterocycles. The summed E-state index contributed by atoms with van der Waals surface area (Å²) in [6.45, 7) is 13.9. The Morgan fingerprint density at radius 1 is 0.500 bits per heavy atom. The van der Waals surface area contributed by atoms with Gasteiger partial charge in [-0.1, -0.05) is 150 Å². The highest BCUT2D eigenvalue weighted by atomic mass is 16.3. The molecule has 0 heterocycles. The first kappa shape index (κ1) is 31.1. The second-order valence-corrected chi connectivity index (χ2v) is 11.4. The quantitative estimate of drug-likeness (QED) is 0.176. The van der Waals surface area contributed by atoms with Crippen LogP contribution in [0, 0.1) is 0 Å². The van der Waals surface area contributed by atoms with Crippen LogP contribution in [-0.4, -0.2) is 5.11 Å².